The molecule has 0 spiro atoms. The van der Waals surface area contributed by atoms with Gasteiger partial charge < -0.3 is 13.9 Å². The predicted molar refractivity (Wildman–Crippen MR) is 253 cm³/mol. The van der Waals surface area contributed by atoms with Gasteiger partial charge in [-0.2, -0.15) is 15.3 Å². The number of aryl methyl sites for hydroxylation is 2. The van der Waals surface area contributed by atoms with Crippen LogP contribution in [0.5, 0.6) is 5.88 Å². The number of hydrogen-bond donors (Lipinski definition) is 0. The first kappa shape index (κ1) is 46.6. The molecule has 0 bridgehead atoms. The molecular formula is C45H72IN7O3Si2. The Hall–Kier alpha value is -2.49. The number of aromatic nitrogens is 6. The summed E-state index contributed by atoms with van der Waals surface area (Å²) in [5.41, 5.74) is 11.8. The van der Waals surface area contributed by atoms with Gasteiger partial charge in [0, 0.05) is 32.1 Å². The second kappa shape index (κ2) is 19.1. The van der Waals surface area contributed by atoms with Gasteiger partial charge in [-0.1, -0.05) is 81.2 Å². The van der Waals surface area contributed by atoms with Crippen LogP contribution in [0, 0.1) is 15.0 Å². The van der Waals surface area contributed by atoms with E-state index in [1.54, 1.807) is 0 Å². The summed E-state index contributed by atoms with van der Waals surface area (Å²) in [6.45, 7) is 33.6. The summed E-state index contributed by atoms with van der Waals surface area (Å²) >= 11 is 2.48. The molecule has 0 saturated carbocycles. The molecule has 1 fully saturated rings. The topological polar surface area (TPSA) is 84.4 Å². The van der Waals surface area contributed by atoms with Crippen molar-refractivity contribution >= 4 is 49.9 Å². The summed E-state index contributed by atoms with van der Waals surface area (Å²) in [4.78, 5) is 2.33. The molecule has 1 aliphatic heterocycles. The zero-order chi connectivity index (χ0) is 42.7. The van der Waals surface area contributed by atoms with Crippen LogP contribution in [0.25, 0.3) is 22.0 Å². The third-order valence-electron chi connectivity index (χ3n) is 12.9. The number of hydrogen-bond acceptors (Lipinski definition) is 7. The van der Waals surface area contributed by atoms with Gasteiger partial charge in [0.25, 0.3) is 0 Å². The Morgan fingerprint density at radius 3 is 2.33 bits per heavy atom. The second-order valence-electron chi connectivity index (χ2n) is 19.0. The maximum Gasteiger partial charge on any atom is 0.219 e. The van der Waals surface area contributed by atoms with E-state index in [0.717, 1.165) is 91.2 Å². The van der Waals surface area contributed by atoms with Crippen molar-refractivity contribution in [3.63, 3.8) is 0 Å². The molecule has 5 rings (SSSR count). The second-order valence-corrected chi connectivity index (χ2v) is 30.5. The van der Waals surface area contributed by atoms with Gasteiger partial charge in [0.05, 0.1) is 45.4 Å². The van der Waals surface area contributed by atoms with E-state index in [4.69, 9.17) is 29.2 Å². The number of nitrogens with zero attached hydrogens (tertiary/aromatic N) is 7. The predicted octanol–water partition coefficient (Wildman–Crippen LogP) is 11.0. The van der Waals surface area contributed by atoms with Gasteiger partial charge >= 0.3 is 0 Å². The minimum atomic E-state index is -1.98. The number of likely N-dealkylation sites (N-methyl/N-ethyl adjacent to an activating group) is 1. The third-order valence-corrected chi connectivity index (χ3v) is 24.9. The van der Waals surface area contributed by atoms with Crippen molar-refractivity contribution in [2.45, 2.75) is 162 Å². The van der Waals surface area contributed by atoms with Gasteiger partial charge in [0.2, 0.25) is 5.88 Å². The van der Waals surface area contributed by atoms with Gasteiger partial charge in [-0.15, -0.1) is 5.54 Å². The molecule has 1 aromatic carbocycles. The van der Waals surface area contributed by atoms with Crippen molar-refractivity contribution in [1.82, 2.24) is 34.2 Å². The fraction of sp³-hybridized carbons (Fsp3) is 0.667. The maximum atomic E-state index is 6.77. The number of rotatable bonds is 16. The molecule has 3 aromatic heterocycles. The SMILES string of the molecule is CCc1nn(CCO[Si](C)(C)C(C)(C)C)c(CN(C)CC(C)Oc2c(-c3ccc4c(c3)c(C#C[Si](C(C)C)(C(C)C)C(C)C)nn4C3CCCCO3)cnn2C)c1I. The van der Waals surface area contributed by atoms with Gasteiger partial charge in [0.15, 0.2) is 14.5 Å². The molecule has 10 nitrogen and oxygen atoms in total. The van der Waals surface area contributed by atoms with Crippen LogP contribution in [-0.4, -0.2) is 83.5 Å². The van der Waals surface area contributed by atoms with Crippen molar-refractivity contribution in [2.75, 3.05) is 26.8 Å². The minimum absolute atomic E-state index is 0.0823. The van der Waals surface area contributed by atoms with E-state index in [1.807, 2.05) is 17.9 Å². The fourth-order valence-corrected chi connectivity index (χ4v) is 15.8. The Morgan fingerprint density at radius 2 is 1.72 bits per heavy atom. The molecule has 0 amide bonds. The summed E-state index contributed by atoms with van der Waals surface area (Å²) in [6.07, 6.45) is 5.81. The van der Waals surface area contributed by atoms with E-state index in [1.165, 1.54) is 9.26 Å². The molecule has 320 valence electrons. The van der Waals surface area contributed by atoms with Crippen LogP contribution in [0.2, 0.25) is 34.8 Å². The van der Waals surface area contributed by atoms with Crippen molar-refractivity contribution in [1.29, 1.82) is 0 Å². The van der Waals surface area contributed by atoms with E-state index < -0.39 is 16.4 Å². The minimum Gasteiger partial charge on any atom is -0.473 e. The van der Waals surface area contributed by atoms with E-state index in [2.05, 4.69) is 163 Å². The Labute approximate surface area is 365 Å². The number of halogens is 1. The molecule has 0 radical (unpaired) electrons. The lowest BCUT2D eigenvalue weighted by atomic mass is 10.1. The summed E-state index contributed by atoms with van der Waals surface area (Å²) in [7, 11) is 0.286. The van der Waals surface area contributed by atoms with E-state index in [-0.39, 0.29) is 17.4 Å². The first-order chi connectivity index (χ1) is 27.2. The van der Waals surface area contributed by atoms with Gasteiger partial charge in [-0.25, -0.2) is 9.36 Å². The average Bonchev–Trinajstić information content (AvgIpc) is 3.79. The Bertz CT molecular complexity index is 2040. The summed E-state index contributed by atoms with van der Waals surface area (Å²) in [6, 6.07) is 6.58. The van der Waals surface area contributed by atoms with Crippen LogP contribution in [-0.2, 0) is 35.7 Å². The van der Waals surface area contributed by atoms with Crippen LogP contribution in [0.3, 0.4) is 0 Å². The number of fused-ring (bicyclic) bond motifs is 1. The van der Waals surface area contributed by atoms with Gasteiger partial charge in [0.1, 0.15) is 19.9 Å². The van der Waals surface area contributed by atoms with Crippen LogP contribution in [0.1, 0.15) is 119 Å². The third kappa shape index (κ3) is 9.99. The molecule has 13 heteroatoms. The van der Waals surface area contributed by atoms with Crippen LogP contribution < -0.4 is 4.74 Å². The molecule has 1 aliphatic rings. The Morgan fingerprint density at radius 1 is 1.03 bits per heavy atom. The van der Waals surface area contributed by atoms with Crippen molar-refractivity contribution in [3.8, 4) is 28.5 Å². The molecular weight excluding hydrogens is 870 g/mol. The monoisotopic (exact) mass is 941 g/mol. The van der Waals surface area contributed by atoms with Crippen LogP contribution in [0.4, 0.5) is 0 Å². The molecule has 0 aliphatic carbocycles. The van der Waals surface area contributed by atoms with Gasteiger partial charge in [-0.05, 0) is 115 Å². The number of benzene rings is 1. The zero-order valence-electron chi connectivity index (χ0n) is 38.3. The van der Waals surface area contributed by atoms with Crippen LogP contribution >= 0.6 is 22.6 Å². The highest BCUT2D eigenvalue weighted by atomic mass is 127. The van der Waals surface area contributed by atoms with Crippen molar-refractivity contribution in [3.05, 3.63) is 45.0 Å². The first-order valence-electron chi connectivity index (χ1n) is 21.6. The van der Waals surface area contributed by atoms with E-state index in [9.17, 15) is 0 Å². The normalized spacial score (nSPS) is 16.2. The summed E-state index contributed by atoms with van der Waals surface area (Å²) < 4.78 is 26.9. The fourth-order valence-electron chi connectivity index (χ4n) is 8.58. The molecule has 0 N–H and O–H groups in total. The standard InChI is InChI=1S/C45H72IN7O3Si2/c1-16-38-43(46)41(52(48-38)23-25-55-57(14,15)45(9,10)11)30-50(12)29-34(8)56-44-37(28-47-51(44)13)35-20-21-40-36(27-35)39(49-53(40)42-19-17-18-24-54-42)22-26-58(31(2)3,32(4)5)33(6)7/h20-21,27-28,31-34,42H,16-19,23-25,29-30H2,1-15H3. The smallest absolute Gasteiger partial charge is 0.219 e. The summed E-state index contributed by atoms with van der Waals surface area (Å²) in [5, 5.41) is 16.1. The number of ether oxygens (including phenoxy) is 2. The largest absolute Gasteiger partial charge is 0.473 e. The highest BCUT2D eigenvalue weighted by Gasteiger charge is 2.42. The molecule has 2 unspecified atom stereocenters. The van der Waals surface area contributed by atoms with Crippen molar-refractivity contribution < 1.29 is 13.9 Å². The zero-order valence-corrected chi connectivity index (χ0v) is 42.5. The maximum absolute atomic E-state index is 6.77. The van der Waals surface area contributed by atoms with Crippen molar-refractivity contribution in [2.24, 2.45) is 7.05 Å². The lowest BCUT2D eigenvalue weighted by Crippen LogP contribution is -2.43. The van der Waals surface area contributed by atoms with Crippen LogP contribution in [0.15, 0.2) is 24.4 Å². The molecule has 58 heavy (non-hydrogen) atoms. The van der Waals surface area contributed by atoms with Gasteiger partial charge in [-0.3, -0.25) is 9.58 Å². The lowest BCUT2D eigenvalue weighted by Gasteiger charge is -2.38. The Kier molecular flexibility index (Phi) is 15.3. The lowest BCUT2D eigenvalue weighted by molar-refractivity contribution is -0.0367. The Balaban J connectivity index is 1.40. The highest BCUT2D eigenvalue weighted by Crippen LogP contribution is 2.42. The molecule has 4 aromatic rings. The first-order valence-corrected chi connectivity index (χ1v) is 27.9. The highest BCUT2D eigenvalue weighted by molar-refractivity contribution is 14.1. The summed E-state index contributed by atoms with van der Waals surface area (Å²) in [5.74, 6) is 4.44. The van der Waals surface area contributed by atoms with E-state index in [0.29, 0.717) is 23.2 Å². The molecule has 2 atom stereocenters. The quantitative estimate of drug-likeness (QED) is 0.0628. The average molecular weight is 942 g/mol. The molecule has 4 heterocycles. The van der Waals surface area contributed by atoms with E-state index >= 15 is 0 Å². The molecule has 1 saturated heterocycles.